The van der Waals surface area contributed by atoms with Gasteiger partial charge in [0, 0.05) is 12.1 Å². The van der Waals surface area contributed by atoms with Crippen molar-refractivity contribution in [1.29, 1.82) is 0 Å². The molecule has 0 bridgehead atoms. The van der Waals surface area contributed by atoms with Gasteiger partial charge in [-0.3, -0.25) is 0 Å². The van der Waals surface area contributed by atoms with E-state index in [1.165, 1.54) is 12.1 Å². The van der Waals surface area contributed by atoms with E-state index >= 15 is 0 Å². The molecular formula is C40H24Cu2N8O18S4-4. The van der Waals surface area contributed by atoms with Crippen molar-refractivity contribution in [2.75, 3.05) is 14.2 Å². The molecule has 72 heavy (non-hydrogen) atoms. The minimum Gasteiger partial charge on any atom is -0.871 e. The van der Waals surface area contributed by atoms with Gasteiger partial charge in [0.15, 0.2) is 0 Å². The molecular weight excluding hydrogens is 1140 g/mol. The quantitative estimate of drug-likeness (QED) is 0.0503. The van der Waals surface area contributed by atoms with Crippen molar-refractivity contribution in [2.45, 2.75) is 19.6 Å². The van der Waals surface area contributed by atoms with Crippen molar-refractivity contribution in [1.82, 2.24) is 0 Å². The summed E-state index contributed by atoms with van der Waals surface area (Å²) in [4.78, 5) is -3.29. The molecule has 0 saturated heterocycles. The predicted molar refractivity (Wildman–Crippen MR) is 227 cm³/mol. The van der Waals surface area contributed by atoms with E-state index in [1.807, 2.05) is 0 Å². The van der Waals surface area contributed by atoms with Crippen LogP contribution in [0.15, 0.2) is 158 Å². The molecule has 0 aliphatic carbocycles. The van der Waals surface area contributed by atoms with Gasteiger partial charge in [0.25, 0.3) is 0 Å². The van der Waals surface area contributed by atoms with Crippen LogP contribution in [0.5, 0.6) is 34.5 Å². The number of azo groups is 4. The smallest absolute Gasteiger partial charge is 0.871 e. The van der Waals surface area contributed by atoms with Crippen molar-refractivity contribution in [3.05, 3.63) is 108 Å². The first-order valence-electron chi connectivity index (χ1n) is 18.6. The van der Waals surface area contributed by atoms with Gasteiger partial charge in [-0.25, -0.2) is 33.7 Å². The second-order valence-electron chi connectivity index (χ2n) is 13.6. The van der Waals surface area contributed by atoms with Gasteiger partial charge in [0.1, 0.15) is 63.3 Å². The summed E-state index contributed by atoms with van der Waals surface area (Å²) >= 11 is 0. The molecule has 2 radical (unpaired) electrons. The van der Waals surface area contributed by atoms with Gasteiger partial charge < -0.3 is 48.1 Å². The van der Waals surface area contributed by atoms with Gasteiger partial charge in [0.2, 0.25) is 0 Å². The Morgan fingerprint density at radius 3 is 1.00 bits per heavy atom. The Kier molecular flexibility index (Phi) is 18.4. The topological polar surface area (TPSA) is 438 Å². The van der Waals surface area contributed by atoms with Gasteiger partial charge in [-0.15, -0.1) is 10.2 Å². The van der Waals surface area contributed by atoms with Crippen molar-refractivity contribution in [3.63, 3.8) is 0 Å². The van der Waals surface area contributed by atoms with Crippen molar-refractivity contribution in [3.8, 4) is 34.5 Å². The summed E-state index contributed by atoms with van der Waals surface area (Å²) in [6.07, 6.45) is 2.00. The fourth-order valence-electron chi connectivity index (χ4n) is 5.68. The van der Waals surface area contributed by atoms with E-state index in [2.05, 4.69) is 40.9 Å². The molecule has 382 valence electrons. The average molecular weight is 1160 g/mol. The second kappa shape index (κ2) is 23.0. The minimum atomic E-state index is -5.29. The summed E-state index contributed by atoms with van der Waals surface area (Å²) in [6, 6.07) is 14.3. The van der Waals surface area contributed by atoms with Crippen LogP contribution in [0.1, 0.15) is 11.1 Å². The monoisotopic (exact) mass is 1160 g/mol. The van der Waals surface area contributed by atoms with E-state index in [1.54, 1.807) is 0 Å². The molecule has 32 heteroatoms. The third-order valence-corrected chi connectivity index (χ3v) is 12.5. The first-order chi connectivity index (χ1) is 32.7. The number of benzene rings is 6. The van der Waals surface area contributed by atoms with Gasteiger partial charge in [-0.1, -0.05) is 59.4 Å². The van der Waals surface area contributed by atoms with E-state index in [9.17, 15) is 72.3 Å². The van der Waals surface area contributed by atoms with Crippen LogP contribution < -0.4 is 29.9 Å². The van der Waals surface area contributed by atoms with E-state index in [-0.39, 0.29) is 79.5 Å². The SMILES string of the molecule is COc1cc(N=Nc2cc(S(=O)(=O)[O-])ccc2[O-])c([O-])cc1N=Nc1ccc(C=Cc2ccc(N=Nc3cc([O-])c(N=Nc4cc(S(=O)(=O)[O-])ccc4[O-])cc3OC)cc2S(=O)(=O)[O-])c(S(=O)(=O)[O-])c1.[Cu+2].[Cu+2]. The Hall–Kier alpha value is -7.06. The van der Waals surface area contributed by atoms with Gasteiger partial charge >= 0.3 is 34.1 Å². The van der Waals surface area contributed by atoms with Crippen LogP contribution in [0.4, 0.5) is 45.5 Å². The Morgan fingerprint density at radius 2 is 0.694 bits per heavy atom. The summed E-state index contributed by atoms with van der Waals surface area (Å²) < 4.78 is 153. The number of hydrogen-bond acceptors (Lipinski definition) is 26. The predicted octanol–water partition coefficient (Wildman–Crippen LogP) is 5.44. The Bertz CT molecular complexity index is 3470. The first kappa shape index (κ1) is 57.5. The van der Waals surface area contributed by atoms with E-state index in [0.29, 0.717) is 12.1 Å². The molecule has 0 spiro atoms. The fraction of sp³-hybridized carbons (Fsp3) is 0.0500. The van der Waals surface area contributed by atoms with Crippen LogP contribution in [0.3, 0.4) is 0 Å². The van der Waals surface area contributed by atoms with E-state index in [0.717, 1.165) is 99.2 Å². The van der Waals surface area contributed by atoms with Crippen LogP contribution in [0.25, 0.3) is 12.2 Å². The number of methoxy groups -OCH3 is 2. The normalized spacial score (nSPS) is 12.5. The molecule has 0 aliphatic heterocycles. The molecule has 0 N–H and O–H groups in total. The van der Waals surface area contributed by atoms with Crippen molar-refractivity contribution >= 4 is 98.1 Å². The van der Waals surface area contributed by atoms with Crippen molar-refractivity contribution < 1.29 is 116 Å². The molecule has 0 heterocycles. The first-order valence-corrected chi connectivity index (χ1v) is 24.3. The largest absolute Gasteiger partial charge is 2.00 e. The number of rotatable bonds is 16. The Labute approximate surface area is 428 Å². The molecule has 26 nitrogen and oxygen atoms in total. The minimum absolute atomic E-state index is 0. The average Bonchev–Trinajstić information content (AvgIpc) is 3.28. The van der Waals surface area contributed by atoms with Gasteiger partial charge in [0.05, 0.1) is 67.9 Å². The maximum Gasteiger partial charge on any atom is 2.00 e. The molecule has 6 aromatic carbocycles. The van der Waals surface area contributed by atoms with Crippen LogP contribution >= 0.6 is 0 Å². The molecule has 0 unspecified atom stereocenters. The van der Waals surface area contributed by atoms with E-state index < -0.39 is 106 Å². The Balaban J connectivity index is 0.00000562. The van der Waals surface area contributed by atoms with Crippen LogP contribution in [-0.2, 0) is 74.6 Å². The van der Waals surface area contributed by atoms with Crippen LogP contribution in [0.2, 0.25) is 0 Å². The van der Waals surface area contributed by atoms with Gasteiger partial charge in [-0.05, 0) is 71.8 Å². The summed E-state index contributed by atoms with van der Waals surface area (Å²) in [5.74, 6) is -3.67. The van der Waals surface area contributed by atoms with Crippen molar-refractivity contribution in [2.24, 2.45) is 40.9 Å². The third-order valence-electron chi connectivity index (χ3n) is 9.01. The molecule has 6 rings (SSSR count). The zero-order valence-electron chi connectivity index (χ0n) is 35.6. The zero-order chi connectivity index (χ0) is 51.3. The third kappa shape index (κ3) is 14.3. The summed E-state index contributed by atoms with van der Waals surface area (Å²) in [7, 11) is -18.2. The number of ether oxygens (including phenoxy) is 2. The second-order valence-corrected chi connectivity index (χ2v) is 19.1. The zero-order valence-corrected chi connectivity index (χ0v) is 40.7. The molecule has 0 aromatic heterocycles. The standard InChI is InChI=1S/C40H32N8O18S4.2Cu/c1-65-37-19-29(45-43-27-15-25(67(53,54)55)9-11-33(27)49)35(51)17-31(37)47-41-23-7-5-21(39(13-23)69(59,60)61)3-4-22-6-8-24(14-40(22)70(62,63)64)42-48-32-18-36(52)30(20-38(32)66-2)46-44-28-16-26(68(56,57)58)10-12-34(28)50;;/h3-20,49-52H,1-2H3,(H,53,54,55)(H,56,57,58)(H,59,60,61)(H,62,63,64);;/q;2*+2/p-8. The molecule has 0 saturated carbocycles. The van der Waals surface area contributed by atoms with Gasteiger partial charge in [-0.2, -0.15) is 30.7 Å². The summed E-state index contributed by atoms with van der Waals surface area (Å²) in [6.45, 7) is 0. The maximum atomic E-state index is 12.8. The van der Waals surface area contributed by atoms with Crippen LogP contribution in [0, 0.1) is 0 Å². The molecule has 0 aliphatic rings. The molecule has 0 fully saturated rings. The number of hydrogen-bond donors (Lipinski definition) is 0. The molecule has 6 aromatic rings. The Morgan fingerprint density at radius 1 is 0.375 bits per heavy atom. The van der Waals surface area contributed by atoms with E-state index in [4.69, 9.17) is 9.47 Å². The molecule has 0 atom stereocenters. The summed E-state index contributed by atoms with van der Waals surface area (Å²) in [5, 5.41) is 79.8. The summed E-state index contributed by atoms with van der Waals surface area (Å²) in [5.41, 5.74) is -3.58. The maximum absolute atomic E-state index is 12.8. The van der Waals surface area contributed by atoms with Crippen LogP contribution in [-0.4, -0.2) is 66.1 Å². The number of nitrogens with zero attached hydrogens (tertiary/aromatic N) is 8. The fourth-order valence-corrected chi connectivity index (χ4v) is 8.04. The molecule has 0 amide bonds.